The smallest absolute Gasteiger partial charge is 0.349 e. The highest BCUT2D eigenvalue weighted by Gasteiger charge is 2.37. The van der Waals surface area contributed by atoms with Crippen LogP contribution in [-0.4, -0.2) is 26.4 Å². The van der Waals surface area contributed by atoms with Gasteiger partial charge in [-0.25, -0.2) is 0 Å². The quantitative estimate of drug-likeness (QED) is 0.835. The van der Waals surface area contributed by atoms with Gasteiger partial charge < -0.3 is 9.88 Å². The Morgan fingerprint density at radius 2 is 2.00 bits per heavy atom. The van der Waals surface area contributed by atoms with Gasteiger partial charge in [0.1, 0.15) is 0 Å². The minimum absolute atomic E-state index is 0.0416. The van der Waals surface area contributed by atoms with Gasteiger partial charge in [-0.3, -0.25) is 4.79 Å². The van der Waals surface area contributed by atoms with Gasteiger partial charge >= 0.3 is 6.18 Å². The lowest BCUT2D eigenvalue weighted by Gasteiger charge is -2.16. The first kappa shape index (κ1) is 18.3. The number of rotatable bonds is 5. The van der Waals surface area contributed by atoms with E-state index in [0.717, 1.165) is 27.5 Å². The third kappa shape index (κ3) is 4.28. The van der Waals surface area contributed by atoms with Crippen molar-refractivity contribution in [2.45, 2.75) is 31.2 Å². The van der Waals surface area contributed by atoms with Gasteiger partial charge in [-0.2, -0.15) is 13.2 Å². The van der Waals surface area contributed by atoms with Gasteiger partial charge in [-0.05, 0) is 25.0 Å². The van der Waals surface area contributed by atoms with Gasteiger partial charge in [0.15, 0.2) is 5.16 Å². The number of carbonyl (C=O) groups excluding carboxylic acids is 1. The highest BCUT2D eigenvalue weighted by atomic mass is 32.2. The van der Waals surface area contributed by atoms with Crippen molar-refractivity contribution in [3.63, 3.8) is 0 Å². The van der Waals surface area contributed by atoms with Crippen molar-refractivity contribution in [3.05, 3.63) is 41.2 Å². The number of nitrogens with one attached hydrogen (secondary N) is 1. The lowest BCUT2D eigenvalue weighted by atomic mass is 10.0. The second-order valence-corrected chi connectivity index (χ2v) is 6.24. The maximum Gasteiger partial charge on any atom is 0.451 e. The number of aryl methyl sites for hydroxylation is 1. The number of amides is 1. The van der Waals surface area contributed by atoms with E-state index in [2.05, 4.69) is 15.5 Å². The summed E-state index contributed by atoms with van der Waals surface area (Å²) in [5, 5.41) is 9.47. The van der Waals surface area contributed by atoms with Gasteiger partial charge in [0, 0.05) is 7.05 Å². The summed E-state index contributed by atoms with van der Waals surface area (Å²) in [6, 6.07) is 7.48. The Morgan fingerprint density at radius 1 is 1.33 bits per heavy atom. The predicted molar refractivity (Wildman–Crippen MR) is 84.5 cm³/mol. The Morgan fingerprint density at radius 3 is 2.58 bits per heavy atom. The molecule has 9 heteroatoms. The highest BCUT2D eigenvalue weighted by molar-refractivity contribution is 7.99. The number of nitrogens with zero attached hydrogens (tertiary/aromatic N) is 3. The molecule has 0 aliphatic carbocycles. The Balaban J connectivity index is 1.95. The number of benzene rings is 1. The lowest BCUT2D eigenvalue weighted by Crippen LogP contribution is -2.28. The molecule has 0 aliphatic rings. The highest BCUT2D eigenvalue weighted by Crippen LogP contribution is 2.29. The Hall–Kier alpha value is -2.03. The summed E-state index contributed by atoms with van der Waals surface area (Å²) in [6.07, 6.45) is -4.57. The standard InChI is InChI=1S/C15H17F3N4OS/c1-9-6-4-5-7-11(9)10(2)19-12(23)8-24-14-21-20-13(22(14)3)15(16,17)18/h4-7,10H,8H2,1-3H3,(H,19,23)/t10-/m1/s1. The molecule has 2 rings (SSSR count). The van der Waals surface area contributed by atoms with Crippen LogP contribution in [0.5, 0.6) is 0 Å². The van der Waals surface area contributed by atoms with Crippen molar-refractivity contribution < 1.29 is 18.0 Å². The molecule has 0 aliphatic heterocycles. The van der Waals surface area contributed by atoms with E-state index in [9.17, 15) is 18.0 Å². The summed E-state index contributed by atoms with van der Waals surface area (Å²) in [4.78, 5) is 12.0. The minimum atomic E-state index is -4.57. The maximum absolute atomic E-state index is 12.6. The molecule has 1 heterocycles. The number of alkyl halides is 3. The van der Waals surface area contributed by atoms with E-state index in [-0.39, 0.29) is 22.9 Å². The molecule has 1 amide bonds. The summed E-state index contributed by atoms with van der Waals surface area (Å²) >= 11 is 0.911. The Bertz CT molecular complexity index is 730. The van der Waals surface area contributed by atoms with Crippen molar-refractivity contribution in [3.8, 4) is 0 Å². The number of hydrogen-bond donors (Lipinski definition) is 1. The largest absolute Gasteiger partial charge is 0.451 e. The zero-order valence-corrected chi connectivity index (χ0v) is 14.2. The normalized spacial score (nSPS) is 12.9. The number of halogens is 3. The SMILES string of the molecule is Cc1ccccc1[C@@H](C)NC(=O)CSc1nnc(C(F)(F)F)n1C. The maximum atomic E-state index is 12.6. The first-order valence-electron chi connectivity index (χ1n) is 7.14. The fourth-order valence-electron chi connectivity index (χ4n) is 2.25. The summed E-state index contributed by atoms with van der Waals surface area (Å²) < 4.78 is 38.8. The van der Waals surface area contributed by atoms with Crippen LogP contribution in [0.25, 0.3) is 0 Å². The van der Waals surface area contributed by atoms with Crippen LogP contribution in [0.3, 0.4) is 0 Å². The number of aromatic nitrogens is 3. The summed E-state index contributed by atoms with van der Waals surface area (Å²) in [5.74, 6) is -1.41. The van der Waals surface area contributed by atoms with Crippen molar-refractivity contribution in [1.29, 1.82) is 0 Å². The van der Waals surface area contributed by atoms with E-state index in [1.54, 1.807) is 0 Å². The van der Waals surface area contributed by atoms with Gasteiger partial charge in [-0.15, -0.1) is 10.2 Å². The van der Waals surface area contributed by atoms with E-state index >= 15 is 0 Å². The molecule has 0 radical (unpaired) electrons. The molecule has 1 N–H and O–H groups in total. The topological polar surface area (TPSA) is 59.8 Å². The molecular weight excluding hydrogens is 341 g/mol. The number of thioether (sulfide) groups is 1. The number of hydrogen-bond acceptors (Lipinski definition) is 4. The van der Waals surface area contributed by atoms with Crippen molar-refractivity contribution in [2.24, 2.45) is 7.05 Å². The molecule has 0 spiro atoms. The van der Waals surface area contributed by atoms with Gasteiger partial charge in [0.2, 0.25) is 11.7 Å². The third-order valence-electron chi connectivity index (χ3n) is 3.45. The lowest BCUT2D eigenvalue weighted by molar-refractivity contribution is -0.147. The third-order valence-corrected chi connectivity index (χ3v) is 4.47. The van der Waals surface area contributed by atoms with Crippen LogP contribution >= 0.6 is 11.8 Å². The van der Waals surface area contributed by atoms with Crippen LogP contribution in [0.15, 0.2) is 29.4 Å². The molecule has 1 aromatic heterocycles. The zero-order valence-electron chi connectivity index (χ0n) is 13.4. The monoisotopic (exact) mass is 358 g/mol. The van der Waals surface area contributed by atoms with E-state index in [1.165, 1.54) is 7.05 Å². The summed E-state index contributed by atoms with van der Waals surface area (Å²) in [5.41, 5.74) is 2.05. The zero-order chi connectivity index (χ0) is 17.9. The van der Waals surface area contributed by atoms with Gasteiger partial charge in [-0.1, -0.05) is 36.0 Å². The van der Waals surface area contributed by atoms with Crippen molar-refractivity contribution in [1.82, 2.24) is 20.1 Å². The van der Waals surface area contributed by atoms with E-state index in [0.29, 0.717) is 0 Å². The molecule has 5 nitrogen and oxygen atoms in total. The van der Waals surface area contributed by atoms with Gasteiger partial charge in [0.05, 0.1) is 11.8 Å². The Kier molecular flexibility index (Phi) is 5.53. The molecule has 2 aromatic rings. The summed E-state index contributed by atoms with van der Waals surface area (Å²) in [6.45, 7) is 3.81. The molecule has 0 unspecified atom stereocenters. The average Bonchev–Trinajstić information content (AvgIpc) is 2.86. The fraction of sp³-hybridized carbons (Fsp3) is 0.400. The average molecular weight is 358 g/mol. The molecular formula is C15H17F3N4OS. The minimum Gasteiger partial charge on any atom is -0.349 e. The first-order valence-corrected chi connectivity index (χ1v) is 8.13. The van der Waals surface area contributed by atoms with E-state index < -0.39 is 12.0 Å². The van der Waals surface area contributed by atoms with Crippen LogP contribution in [0.1, 0.15) is 29.9 Å². The van der Waals surface area contributed by atoms with Crippen molar-refractivity contribution >= 4 is 17.7 Å². The molecule has 1 atom stereocenters. The molecule has 130 valence electrons. The van der Waals surface area contributed by atoms with Crippen molar-refractivity contribution in [2.75, 3.05) is 5.75 Å². The summed E-state index contributed by atoms with van der Waals surface area (Å²) in [7, 11) is 1.22. The van der Waals surface area contributed by atoms with E-state index in [1.807, 2.05) is 38.1 Å². The van der Waals surface area contributed by atoms with E-state index in [4.69, 9.17) is 0 Å². The molecule has 0 bridgehead atoms. The Labute approximate surface area is 141 Å². The van der Waals surface area contributed by atoms with Crippen LogP contribution in [0.2, 0.25) is 0 Å². The van der Waals surface area contributed by atoms with Crippen LogP contribution < -0.4 is 5.32 Å². The first-order chi connectivity index (χ1) is 11.2. The second-order valence-electron chi connectivity index (χ2n) is 5.30. The number of carbonyl (C=O) groups is 1. The predicted octanol–water partition coefficient (Wildman–Crippen LogP) is 3.11. The second kappa shape index (κ2) is 7.25. The molecule has 0 saturated heterocycles. The molecule has 0 saturated carbocycles. The van der Waals surface area contributed by atoms with Crippen LogP contribution in [0, 0.1) is 6.92 Å². The molecule has 24 heavy (non-hydrogen) atoms. The molecule has 0 fully saturated rings. The van der Waals surface area contributed by atoms with Crippen LogP contribution in [0.4, 0.5) is 13.2 Å². The fourth-order valence-corrected chi connectivity index (χ4v) is 2.97. The molecule has 1 aromatic carbocycles. The van der Waals surface area contributed by atoms with Gasteiger partial charge in [0.25, 0.3) is 0 Å². The van der Waals surface area contributed by atoms with Crippen LogP contribution in [-0.2, 0) is 18.0 Å².